The van der Waals surface area contributed by atoms with Crippen LogP contribution in [0.5, 0.6) is 0 Å². The van der Waals surface area contributed by atoms with E-state index in [2.05, 4.69) is 48.1 Å². The summed E-state index contributed by atoms with van der Waals surface area (Å²) in [6.45, 7) is 19.1. The summed E-state index contributed by atoms with van der Waals surface area (Å²) in [5.74, 6) is 2.72. The van der Waals surface area contributed by atoms with Gasteiger partial charge in [-0.2, -0.15) is 0 Å². The summed E-state index contributed by atoms with van der Waals surface area (Å²) in [6.07, 6.45) is 11.1. The molecule has 0 saturated heterocycles. The fraction of sp³-hybridized carbons (Fsp3) is 0.903. The number of fused-ring (bicyclic) bond motifs is 7. The van der Waals surface area contributed by atoms with Crippen molar-refractivity contribution in [2.24, 2.45) is 56.7 Å². The molecule has 5 rings (SSSR count). The molecule has 3 heteroatoms. The lowest BCUT2D eigenvalue weighted by Gasteiger charge is -2.72. The first kappa shape index (κ1) is 24.8. The first-order chi connectivity index (χ1) is 15.8. The van der Waals surface area contributed by atoms with Gasteiger partial charge in [-0.05, 0) is 122 Å². The summed E-state index contributed by atoms with van der Waals surface area (Å²) in [7, 11) is 1.59. The highest BCUT2D eigenvalue weighted by atomic mass is 16.5. The summed E-state index contributed by atoms with van der Waals surface area (Å²) in [5.41, 5.74) is 1.78. The average molecular weight is 471 g/mol. The van der Waals surface area contributed by atoms with Crippen molar-refractivity contribution in [3.8, 4) is 0 Å². The van der Waals surface area contributed by atoms with Gasteiger partial charge in [-0.1, -0.05) is 46.8 Å². The normalized spacial score (nSPS) is 53.6. The highest BCUT2D eigenvalue weighted by Gasteiger charge is 2.72. The van der Waals surface area contributed by atoms with E-state index in [1.54, 1.807) is 7.11 Å². The van der Waals surface area contributed by atoms with E-state index < -0.39 is 0 Å². The third-order valence-electron chi connectivity index (χ3n) is 13.6. The summed E-state index contributed by atoms with van der Waals surface area (Å²) in [6, 6.07) is 0. The molecule has 5 saturated carbocycles. The average Bonchev–Trinajstić information content (AvgIpc) is 3.18. The van der Waals surface area contributed by atoms with Crippen LogP contribution in [0.15, 0.2) is 12.2 Å². The van der Waals surface area contributed by atoms with E-state index in [9.17, 15) is 9.90 Å². The fourth-order valence-corrected chi connectivity index (χ4v) is 11.7. The molecule has 1 N–H and O–H groups in total. The van der Waals surface area contributed by atoms with Crippen LogP contribution in [0.25, 0.3) is 0 Å². The molecule has 0 amide bonds. The van der Waals surface area contributed by atoms with Crippen molar-refractivity contribution in [1.29, 1.82) is 0 Å². The lowest BCUT2D eigenvalue weighted by atomic mass is 9.32. The summed E-state index contributed by atoms with van der Waals surface area (Å²) in [5, 5.41) is 10.9. The molecule has 0 unspecified atom stereocenters. The number of aliphatic hydroxyl groups is 1. The number of aliphatic hydroxyl groups excluding tert-OH is 1. The molecule has 0 bridgehead atoms. The van der Waals surface area contributed by atoms with Crippen LogP contribution < -0.4 is 0 Å². The highest BCUT2D eigenvalue weighted by molar-refractivity contribution is 5.78. The topological polar surface area (TPSA) is 46.5 Å². The van der Waals surface area contributed by atoms with E-state index in [0.717, 1.165) is 38.5 Å². The quantitative estimate of drug-likeness (QED) is 0.343. The van der Waals surface area contributed by atoms with Gasteiger partial charge in [-0.25, -0.2) is 0 Å². The van der Waals surface area contributed by atoms with E-state index >= 15 is 0 Å². The van der Waals surface area contributed by atoms with Crippen LogP contribution in [-0.4, -0.2) is 24.3 Å². The minimum absolute atomic E-state index is 0.00478. The van der Waals surface area contributed by atoms with E-state index in [-0.39, 0.29) is 33.7 Å². The molecule has 0 aromatic carbocycles. The smallest absolute Gasteiger partial charge is 0.312 e. The molecule has 0 aromatic rings. The van der Waals surface area contributed by atoms with Crippen molar-refractivity contribution in [2.75, 3.05) is 7.11 Å². The van der Waals surface area contributed by atoms with Crippen molar-refractivity contribution in [2.45, 2.75) is 112 Å². The van der Waals surface area contributed by atoms with Crippen molar-refractivity contribution < 1.29 is 14.6 Å². The Kier molecular flexibility index (Phi) is 5.55. The number of carbonyl (C=O) groups excluding carboxylic acids is 1. The molecule has 5 aliphatic rings. The Balaban J connectivity index is 1.56. The van der Waals surface area contributed by atoms with E-state index in [0.29, 0.717) is 35.0 Å². The number of ether oxygens (including phenoxy) is 1. The fourth-order valence-electron chi connectivity index (χ4n) is 11.7. The number of hydrogen-bond acceptors (Lipinski definition) is 3. The zero-order chi connectivity index (χ0) is 24.9. The molecule has 5 fully saturated rings. The van der Waals surface area contributed by atoms with E-state index in [1.807, 2.05) is 0 Å². The van der Waals surface area contributed by atoms with Gasteiger partial charge in [-0.15, -0.1) is 0 Å². The third-order valence-corrected chi connectivity index (χ3v) is 13.6. The Bertz CT molecular complexity index is 876. The molecule has 192 valence electrons. The zero-order valence-corrected chi connectivity index (χ0v) is 23.0. The number of allylic oxidation sites excluding steroid dienone is 1. The molecule has 10 atom stereocenters. The highest BCUT2D eigenvalue weighted by Crippen LogP contribution is 2.77. The second-order valence-electron chi connectivity index (χ2n) is 14.7. The van der Waals surface area contributed by atoms with Crippen LogP contribution >= 0.6 is 0 Å². The Hall–Kier alpha value is -0.830. The monoisotopic (exact) mass is 470 g/mol. The molecule has 0 aromatic heterocycles. The molecule has 34 heavy (non-hydrogen) atoms. The van der Waals surface area contributed by atoms with E-state index in [4.69, 9.17) is 4.74 Å². The van der Waals surface area contributed by atoms with Gasteiger partial charge < -0.3 is 9.84 Å². The van der Waals surface area contributed by atoms with Gasteiger partial charge >= 0.3 is 5.97 Å². The van der Waals surface area contributed by atoms with Crippen LogP contribution in [0.1, 0.15) is 106 Å². The van der Waals surface area contributed by atoms with Crippen molar-refractivity contribution in [3.05, 3.63) is 12.2 Å². The third kappa shape index (κ3) is 2.83. The van der Waals surface area contributed by atoms with Crippen LogP contribution in [0.4, 0.5) is 0 Å². The zero-order valence-electron chi connectivity index (χ0n) is 23.0. The summed E-state index contributed by atoms with van der Waals surface area (Å²) >= 11 is 0. The number of rotatable bonds is 2. The summed E-state index contributed by atoms with van der Waals surface area (Å²) < 4.78 is 5.49. The predicted molar refractivity (Wildman–Crippen MR) is 137 cm³/mol. The minimum Gasteiger partial charge on any atom is -0.469 e. The SMILES string of the molecule is C=C(C)[C@@H]1CC[C@]2(C(=O)OC)CC[C@]3(C)[C@H](CC[C@H]4[C@@]5(C)CC[C@H](O)C(C)(C)[C@@H]5CC[C@]43C)[C@@H]12. The number of hydrogen-bond donors (Lipinski definition) is 1. The molecular formula is C31H50O3. The first-order valence-electron chi connectivity index (χ1n) is 14.2. The van der Waals surface area contributed by atoms with Crippen molar-refractivity contribution in [1.82, 2.24) is 0 Å². The Labute approximate surface area is 208 Å². The molecule has 0 radical (unpaired) electrons. The largest absolute Gasteiger partial charge is 0.469 e. The number of methoxy groups -OCH3 is 1. The van der Waals surface area contributed by atoms with Crippen LogP contribution in [0, 0.1) is 56.7 Å². The van der Waals surface area contributed by atoms with E-state index in [1.165, 1.54) is 31.3 Å². The maximum atomic E-state index is 13.3. The van der Waals surface area contributed by atoms with Crippen LogP contribution in [-0.2, 0) is 9.53 Å². The van der Waals surface area contributed by atoms with Gasteiger partial charge in [0.05, 0.1) is 18.6 Å². The Morgan fingerprint density at radius 3 is 2.21 bits per heavy atom. The molecule has 0 heterocycles. The number of carbonyl (C=O) groups is 1. The first-order valence-corrected chi connectivity index (χ1v) is 14.2. The second-order valence-corrected chi connectivity index (χ2v) is 14.7. The molecular weight excluding hydrogens is 420 g/mol. The van der Waals surface area contributed by atoms with Gasteiger partial charge in [0, 0.05) is 0 Å². The minimum atomic E-state index is -0.302. The molecule has 0 spiro atoms. The van der Waals surface area contributed by atoms with Gasteiger partial charge in [0.25, 0.3) is 0 Å². The Morgan fingerprint density at radius 1 is 0.853 bits per heavy atom. The summed E-state index contributed by atoms with van der Waals surface area (Å²) in [4.78, 5) is 13.3. The Morgan fingerprint density at radius 2 is 1.56 bits per heavy atom. The standard InChI is InChI=1S/C31H50O3/c1-19(2)20-11-16-31(26(33)34-8)18-17-29(6)21(25(20)31)9-10-23-28(5)14-13-24(32)27(3,4)22(28)12-15-30(23,29)7/h20-25,32H,1,9-18H2,2-8H3/t20-,21+,22-,23-,24-,25+,28-,29+,30+,31-/m0/s1. The van der Waals surface area contributed by atoms with Crippen LogP contribution in [0.3, 0.4) is 0 Å². The number of esters is 1. The second kappa shape index (κ2) is 7.59. The van der Waals surface area contributed by atoms with Gasteiger partial charge in [0.15, 0.2) is 0 Å². The maximum absolute atomic E-state index is 13.3. The molecule has 0 aliphatic heterocycles. The van der Waals surface area contributed by atoms with Gasteiger partial charge in [0.1, 0.15) is 0 Å². The molecule has 3 nitrogen and oxygen atoms in total. The lowest BCUT2D eigenvalue weighted by molar-refractivity contribution is -0.248. The lowest BCUT2D eigenvalue weighted by Crippen LogP contribution is -2.67. The van der Waals surface area contributed by atoms with Crippen molar-refractivity contribution in [3.63, 3.8) is 0 Å². The van der Waals surface area contributed by atoms with Gasteiger partial charge in [-0.3, -0.25) is 4.79 Å². The van der Waals surface area contributed by atoms with Gasteiger partial charge in [0.2, 0.25) is 0 Å². The van der Waals surface area contributed by atoms with Crippen LogP contribution in [0.2, 0.25) is 0 Å². The maximum Gasteiger partial charge on any atom is 0.312 e. The van der Waals surface area contributed by atoms with Crippen molar-refractivity contribution >= 4 is 5.97 Å². The predicted octanol–water partition coefficient (Wildman–Crippen LogP) is 7.18. The molecule has 5 aliphatic carbocycles.